The SMILES string of the molecule is COc1ccc2nc3n(c2n1)SCc1c(C)c(OC)c(C)c[n+]1-3. The van der Waals surface area contributed by atoms with E-state index < -0.39 is 0 Å². The third-order valence-electron chi connectivity index (χ3n) is 4.13. The molecule has 3 aromatic rings. The summed E-state index contributed by atoms with van der Waals surface area (Å²) < 4.78 is 15.0. The molecule has 4 heterocycles. The molecule has 0 atom stereocenters. The molecule has 0 spiro atoms. The number of methoxy groups -OCH3 is 2. The summed E-state index contributed by atoms with van der Waals surface area (Å²) in [5.74, 6) is 3.24. The van der Waals surface area contributed by atoms with E-state index in [4.69, 9.17) is 14.5 Å². The molecule has 23 heavy (non-hydrogen) atoms. The second-order valence-electron chi connectivity index (χ2n) is 5.46. The lowest BCUT2D eigenvalue weighted by Crippen LogP contribution is -2.42. The lowest BCUT2D eigenvalue weighted by Gasteiger charge is -2.18. The van der Waals surface area contributed by atoms with Gasteiger partial charge in [0.05, 0.1) is 26.2 Å². The zero-order valence-electron chi connectivity index (χ0n) is 13.5. The second kappa shape index (κ2) is 5.13. The minimum Gasteiger partial charge on any atom is -0.496 e. The fourth-order valence-electron chi connectivity index (χ4n) is 3.03. The number of hydrogen-bond acceptors (Lipinski definition) is 5. The van der Waals surface area contributed by atoms with Crippen LogP contribution < -0.4 is 14.0 Å². The molecule has 0 bridgehead atoms. The summed E-state index contributed by atoms with van der Waals surface area (Å²) in [5, 5.41) is 0. The number of ether oxygens (including phenoxy) is 2. The highest BCUT2D eigenvalue weighted by Gasteiger charge is 2.32. The fraction of sp³-hybridized carbons (Fsp3) is 0.312. The first-order chi connectivity index (χ1) is 11.1. The summed E-state index contributed by atoms with van der Waals surface area (Å²) in [7, 11) is 3.34. The molecule has 118 valence electrons. The van der Waals surface area contributed by atoms with Gasteiger partial charge >= 0.3 is 5.95 Å². The second-order valence-corrected chi connectivity index (χ2v) is 6.38. The van der Waals surface area contributed by atoms with E-state index in [-0.39, 0.29) is 0 Å². The molecule has 0 radical (unpaired) electrons. The van der Waals surface area contributed by atoms with Crippen LogP contribution in [0.25, 0.3) is 17.1 Å². The van der Waals surface area contributed by atoms with Crippen LogP contribution in [0.15, 0.2) is 18.3 Å². The summed E-state index contributed by atoms with van der Waals surface area (Å²) >= 11 is 1.69. The Kier molecular flexibility index (Phi) is 3.19. The van der Waals surface area contributed by atoms with Crippen molar-refractivity contribution in [3.05, 3.63) is 35.2 Å². The van der Waals surface area contributed by atoms with Gasteiger partial charge in [-0.2, -0.15) is 4.98 Å². The van der Waals surface area contributed by atoms with E-state index in [1.807, 2.05) is 12.1 Å². The van der Waals surface area contributed by atoms with Gasteiger partial charge in [0.1, 0.15) is 11.4 Å². The van der Waals surface area contributed by atoms with Crippen molar-refractivity contribution in [1.82, 2.24) is 13.9 Å². The van der Waals surface area contributed by atoms with Crippen molar-refractivity contribution in [3.8, 4) is 17.6 Å². The van der Waals surface area contributed by atoms with Crippen LogP contribution in [-0.2, 0) is 5.75 Å². The Labute approximate surface area is 138 Å². The summed E-state index contributed by atoms with van der Waals surface area (Å²) in [5.41, 5.74) is 5.13. The van der Waals surface area contributed by atoms with Gasteiger partial charge in [-0.1, -0.05) is 4.98 Å². The number of imidazole rings is 1. The van der Waals surface area contributed by atoms with Crippen LogP contribution in [0.2, 0.25) is 0 Å². The van der Waals surface area contributed by atoms with Crippen LogP contribution in [0, 0.1) is 13.8 Å². The van der Waals surface area contributed by atoms with E-state index in [9.17, 15) is 0 Å². The van der Waals surface area contributed by atoms with Gasteiger partial charge in [-0.05, 0) is 19.9 Å². The summed E-state index contributed by atoms with van der Waals surface area (Å²) in [4.78, 5) is 9.29. The molecule has 0 saturated carbocycles. The number of nitrogens with zero attached hydrogens (tertiary/aromatic N) is 4. The van der Waals surface area contributed by atoms with Crippen molar-refractivity contribution in [3.63, 3.8) is 0 Å². The van der Waals surface area contributed by atoms with Gasteiger partial charge < -0.3 is 9.47 Å². The van der Waals surface area contributed by atoms with E-state index in [0.717, 1.165) is 39.7 Å². The fourth-order valence-corrected chi connectivity index (χ4v) is 4.13. The Bertz CT molecular complexity index is 936. The largest absolute Gasteiger partial charge is 0.496 e. The van der Waals surface area contributed by atoms with Crippen LogP contribution in [0.4, 0.5) is 0 Å². The smallest absolute Gasteiger partial charge is 0.417 e. The lowest BCUT2D eigenvalue weighted by atomic mass is 10.1. The van der Waals surface area contributed by atoms with E-state index >= 15 is 0 Å². The van der Waals surface area contributed by atoms with Crippen LogP contribution in [-0.4, -0.2) is 28.2 Å². The number of fused-ring (bicyclic) bond motifs is 5. The molecule has 0 aliphatic carbocycles. The van der Waals surface area contributed by atoms with Gasteiger partial charge in [0.15, 0.2) is 0 Å². The first-order valence-corrected chi connectivity index (χ1v) is 8.24. The predicted octanol–water partition coefficient (Wildman–Crippen LogP) is 2.35. The van der Waals surface area contributed by atoms with Crippen molar-refractivity contribution in [2.45, 2.75) is 19.6 Å². The molecule has 7 heteroatoms. The molecular weight excluding hydrogens is 312 g/mol. The van der Waals surface area contributed by atoms with Crippen LogP contribution in [0.5, 0.6) is 11.6 Å². The van der Waals surface area contributed by atoms with Crippen molar-refractivity contribution in [1.29, 1.82) is 0 Å². The molecular formula is C16H17N4O2S+. The molecule has 0 N–H and O–H groups in total. The Morgan fingerprint density at radius 2 is 2.00 bits per heavy atom. The van der Waals surface area contributed by atoms with Crippen LogP contribution in [0.3, 0.4) is 0 Å². The third-order valence-corrected chi connectivity index (χ3v) is 5.12. The average Bonchev–Trinajstić information content (AvgIpc) is 2.93. The number of hydrogen-bond donors (Lipinski definition) is 0. The molecule has 1 aliphatic rings. The average molecular weight is 329 g/mol. The Morgan fingerprint density at radius 1 is 1.17 bits per heavy atom. The minimum atomic E-state index is 0.596. The van der Waals surface area contributed by atoms with Crippen LogP contribution >= 0.6 is 11.9 Å². The minimum absolute atomic E-state index is 0.596. The van der Waals surface area contributed by atoms with Crippen LogP contribution in [0.1, 0.15) is 16.8 Å². The highest BCUT2D eigenvalue weighted by atomic mass is 32.2. The Morgan fingerprint density at radius 3 is 2.74 bits per heavy atom. The molecule has 6 nitrogen and oxygen atoms in total. The summed E-state index contributed by atoms with van der Waals surface area (Å²) in [6.07, 6.45) is 2.08. The maximum atomic E-state index is 5.54. The number of pyridine rings is 2. The number of aromatic nitrogens is 4. The van der Waals surface area contributed by atoms with Gasteiger partial charge in [0.2, 0.25) is 11.4 Å². The Balaban J connectivity index is 2.00. The van der Waals surface area contributed by atoms with E-state index in [1.54, 1.807) is 26.2 Å². The van der Waals surface area contributed by atoms with Gasteiger partial charge in [-0.25, -0.2) is 4.57 Å². The molecule has 3 aromatic heterocycles. The molecule has 0 amide bonds. The molecule has 0 aromatic carbocycles. The monoisotopic (exact) mass is 329 g/mol. The first kappa shape index (κ1) is 14.3. The van der Waals surface area contributed by atoms with E-state index in [1.165, 1.54) is 5.69 Å². The highest BCUT2D eigenvalue weighted by Crippen LogP contribution is 2.32. The van der Waals surface area contributed by atoms with E-state index in [2.05, 4.69) is 33.6 Å². The standard InChI is InChI=1S/C16H17N4O2S/c1-9-7-19-12(10(2)14(9)22-4)8-23-20-15-11(17-16(19)20)5-6-13(18-15)21-3/h5-7H,8H2,1-4H3/q+1. The zero-order valence-corrected chi connectivity index (χ0v) is 14.3. The molecule has 1 aliphatic heterocycles. The van der Waals surface area contributed by atoms with Crippen molar-refractivity contribution in [2.75, 3.05) is 14.2 Å². The Hall–Kier alpha value is -2.28. The quantitative estimate of drug-likeness (QED) is 0.676. The van der Waals surface area contributed by atoms with Gasteiger partial charge in [0.25, 0.3) is 5.65 Å². The maximum Gasteiger partial charge on any atom is 0.417 e. The lowest BCUT2D eigenvalue weighted by molar-refractivity contribution is -0.613. The van der Waals surface area contributed by atoms with Crippen molar-refractivity contribution < 1.29 is 14.0 Å². The zero-order chi connectivity index (χ0) is 16.1. The summed E-state index contributed by atoms with van der Waals surface area (Å²) in [6, 6.07) is 3.78. The van der Waals surface area contributed by atoms with Gasteiger partial charge in [0, 0.05) is 29.1 Å². The first-order valence-electron chi connectivity index (χ1n) is 7.30. The molecule has 0 saturated heterocycles. The topological polar surface area (TPSA) is 53.1 Å². The molecule has 0 fully saturated rings. The van der Waals surface area contributed by atoms with Gasteiger partial charge in [-0.3, -0.25) is 0 Å². The summed E-state index contributed by atoms with van der Waals surface area (Å²) in [6.45, 7) is 4.15. The normalized spacial score (nSPS) is 12.9. The molecule has 0 unspecified atom stereocenters. The van der Waals surface area contributed by atoms with E-state index in [0.29, 0.717) is 5.88 Å². The molecule has 4 rings (SSSR count). The third kappa shape index (κ3) is 1.99. The predicted molar refractivity (Wildman–Crippen MR) is 88.3 cm³/mol. The van der Waals surface area contributed by atoms with Gasteiger partial charge in [-0.15, -0.1) is 3.97 Å². The maximum absolute atomic E-state index is 5.54. The number of rotatable bonds is 2. The van der Waals surface area contributed by atoms with Crippen molar-refractivity contribution >= 4 is 23.1 Å². The highest BCUT2D eigenvalue weighted by molar-refractivity contribution is 7.97. The number of aryl methyl sites for hydroxylation is 1. The van der Waals surface area contributed by atoms with Crippen molar-refractivity contribution in [2.24, 2.45) is 0 Å².